The van der Waals surface area contributed by atoms with Crippen LogP contribution in [0.15, 0.2) is 36.0 Å². The highest BCUT2D eigenvalue weighted by Gasteiger charge is 2.53. The van der Waals surface area contributed by atoms with Crippen molar-refractivity contribution in [2.45, 2.75) is 49.1 Å². The van der Waals surface area contributed by atoms with Gasteiger partial charge in [-0.05, 0) is 29.7 Å². The molecule has 7 heterocycles. The molecule has 2 bridgehead atoms. The molecule has 0 spiro atoms. The van der Waals surface area contributed by atoms with Crippen LogP contribution in [0.1, 0.15) is 12.5 Å². The Morgan fingerprint density at radius 2 is 1.68 bits per heavy atom. The minimum atomic E-state index is -4.22. The summed E-state index contributed by atoms with van der Waals surface area (Å²) in [6.07, 6.45) is -6.48. The van der Waals surface area contributed by atoms with Gasteiger partial charge in [0.15, 0.2) is 29.8 Å². The van der Waals surface area contributed by atoms with Gasteiger partial charge in [-0.2, -0.15) is 0 Å². The van der Waals surface area contributed by atoms with Crippen LogP contribution in [0.3, 0.4) is 0 Å². The Bertz CT molecular complexity index is 1900. The van der Waals surface area contributed by atoms with E-state index in [9.17, 15) is 19.7 Å². The number of aliphatic hydroxyl groups is 1. The van der Waals surface area contributed by atoms with Crippen molar-refractivity contribution in [2.75, 3.05) is 18.9 Å². The topological polar surface area (TPSA) is 236 Å². The van der Waals surface area contributed by atoms with Gasteiger partial charge in [-0.1, -0.05) is 0 Å². The number of ether oxygens (including phenoxy) is 2. The number of H-pyrrole nitrogens is 1. The first kappa shape index (κ1) is 30.3. The lowest BCUT2D eigenvalue weighted by Crippen LogP contribution is -2.35. The van der Waals surface area contributed by atoms with E-state index < -0.39 is 81.4 Å². The summed E-state index contributed by atoms with van der Waals surface area (Å²) in [5.41, 5.74) is 5.71. The number of rotatable bonds is 2. The van der Waals surface area contributed by atoms with E-state index in [2.05, 4.69) is 24.9 Å². The van der Waals surface area contributed by atoms with E-state index in [1.165, 1.54) is 28.0 Å². The second-order valence-electron chi connectivity index (χ2n) is 10.0. The van der Waals surface area contributed by atoms with Gasteiger partial charge in [-0.15, -0.1) is 0 Å². The largest absolute Gasteiger partial charge is 0.387 e. The number of nitrogens with one attached hydrogen (secondary N) is 1. The minimum absolute atomic E-state index is 0.0261. The van der Waals surface area contributed by atoms with Crippen molar-refractivity contribution < 1.29 is 46.9 Å². The highest BCUT2D eigenvalue weighted by Crippen LogP contribution is 2.54. The quantitative estimate of drug-likeness (QED) is 0.172. The number of aromatic amines is 1. The molecule has 44 heavy (non-hydrogen) atoms. The van der Waals surface area contributed by atoms with E-state index in [1.54, 1.807) is 6.07 Å². The number of imidazole rings is 1. The molecule has 3 saturated heterocycles. The van der Waals surface area contributed by atoms with Crippen LogP contribution < -0.4 is 11.3 Å². The molecule has 23 heteroatoms. The van der Waals surface area contributed by atoms with Gasteiger partial charge in [0.05, 0.1) is 31.3 Å². The standard InChI is InChI=1S/C21H23FN8O10P2S2/c22-11-14-10(38-20(11)29-2-1-8-16(23)24-5-25-17(8)29)4-36-42(34,44)40-15-13(31)9(3-35-41(33,43)39-14)37-21(15)30-7-28-12-18(30)26-6-27-19(12)32/h1-2,5-7,9-11,13-15,20-21,31H,3-4H2,(H,33,43)(H,34,44)(H2,23,24,25)(H,26,27,32)/t9-,10-,11-,13-,14-,15-,20-,21-,41?,42?/m1/s1. The Morgan fingerprint density at radius 1 is 0.977 bits per heavy atom. The molecule has 10 atom stereocenters. The molecule has 4 aromatic heterocycles. The van der Waals surface area contributed by atoms with Crippen molar-refractivity contribution in [3.8, 4) is 0 Å². The van der Waals surface area contributed by atoms with E-state index >= 15 is 4.39 Å². The van der Waals surface area contributed by atoms with Crippen LogP contribution in [0.4, 0.5) is 10.2 Å². The van der Waals surface area contributed by atoms with Gasteiger partial charge >= 0.3 is 13.4 Å². The number of fused-ring (bicyclic) bond motifs is 5. The van der Waals surface area contributed by atoms with Crippen LogP contribution in [-0.2, 0) is 51.2 Å². The predicted octanol–water partition coefficient (Wildman–Crippen LogP) is -0.109. The number of aromatic nitrogens is 7. The van der Waals surface area contributed by atoms with E-state index in [4.69, 9.17) is 56.9 Å². The van der Waals surface area contributed by atoms with Crippen molar-refractivity contribution >= 4 is 65.1 Å². The highest BCUT2D eigenvalue weighted by atomic mass is 32.5. The minimum Gasteiger partial charge on any atom is -0.387 e. The van der Waals surface area contributed by atoms with Crippen LogP contribution in [0.25, 0.3) is 22.2 Å². The Morgan fingerprint density at radius 3 is 2.45 bits per heavy atom. The number of hydrogen-bond acceptors (Lipinski definition) is 15. The fraction of sp³-hybridized carbons (Fsp3) is 0.476. The molecule has 18 nitrogen and oxygen atoms in total. The van der Waals surface area contributed by atoms with Gasteiger partial charge < -0.3 is 48.7 Å². The van der Waals surface area contributed by atoms with Crippen molar-refractivity contribution in [2.24, 2.45) is 0 Å². The fourth-order valence-electron chi connectivity index (χ4n) is 5.32. The average molecular weight is 693 g/mol. The molecular formula is C21H23FN8O10P2S2. The maximum atomic E-state index is 16.0. The second kappa shape index (κ2) is 11.2. The molecule has 2 unspecified atom stereocenters. The smallest absolute Gasteiger partial charge is 0.325 e. The zero-order valence-electron chi connectivity index (χ0n) is 22.0. The Labute approximate surface area is 255 Å². The summed E-state index contributed by atoms with van der Waals surface area (Å²) >= 11 is 10.4. The third kappa shape index (κ3) is 5.30. The van der Waals surface area contributed by atoms with Gasteiger partial charge in [0.2, 0.25) is 0 Å². The number of nitrogens with zero attached hydrogens (tertiary/aromatic N) is 6. The Hall–Kier alpha value is -2.36. The number of hydrogen-bond donors (Lipinski definition) is 5. The summed E-state index contributed by atoms with van der Waals surface area (Å²) in [5.74, 6) is 0.172. The third-order valence-corrected chi connectivity index (χ3v) is 10.5. The molecule has 0 amide bonds. The number of nitrogen functional groups attached to an aromatic ring is 1. The van der Waals surface area contributed by atoms with Crippen LogP contribution in [0.2, 0.25) is 0 Å². The summed E-state index contributed by atoms with van der Waals surface area (Å²) in [6.45, 7) is -9.57. The van der Waals surface area contributed by atoms with Crippen molar-refractivity contribution in [3.05, 3.63) is 41.6 Å². The summed E-state index contributed by atoms with van der Waals surface area (Å²) in [4.78, 5) is 52.8. The maximum Gasteiger partial charge on any atom is 0.325 e. The van der Waals surface area contributed by atoms with Crippen LogP contribution in [-0.4, -0.2) is 98.9 Å². The normalized spacial score (nSPS) is 38.3. The summed E-state index contributed by atoms with van der Waals surface area (Å²) in [6, 6.07) is 1.58. The first-order valence-electron chi connectivity index (χ1n) is 12.8. The fourth-order valence-corrected chi connectivity index (χ4v) is 8.17. The van der Waals surface area contributed by atoms with Gasteiger partial charge in [0.25, 0.3) is 5.56 Å². The summed E-state index contributed by atoms with van der Waals surface area (Å²) in [7, 11) is 0. The molecule has 0 aromatic carbocycles. The van der Waals surface area contributed by atoms with Gasteiger partial charge in [0.1, 0.15) is 48.3 Å². The second-order valence-corrected chi connectivity index (χ2v) is 15.6. The Kier molecular flexibility index (Phi) is 7.69. The molecular weight excluding hydrogens is 669 g/mol. The molecule has 0 aliphatic carbocycles. The first-order chi connectivity index (χ1) is 20.9. The van der Waals surface area contributed by atoms with Gasteiger partial charge in [0, 0.05) is 6.20 Å². The van der Waals surface area contributed by atoms with Gasteiger partial charge in [-0.25, -0.2) is 24.3 Å². The highest BCUT2D eigenvalue weighted by molar-refractivity contribution is 8.07. The van der Waals surface area contributed by atoms with Crippen LogP contribution in [0.5, 0.6) is 0 Å². The summed E-state index contributed by atoms with van der Waals surface area (Å²) in [5, 5.41) is 11.6. The first-order valence-corrected chi connectivity index (χ1v) is 18.0. The maximum absolute atomic E-state index is 16.0. The van der Waals surface area contributed by atoms with Gasteiger partial charge in [-0.3, -0.25) is 18.4 Å². The summed E-state index contributed by atoms with van der Waals surface area (Å²) < 4.78 is 52.9. The van der Waals surface area contributed by atoms with E-state index in [0.29, 0.717) is 5.39 Å². The Balaban J connectivity index is 1.20. The zero-order chi connectivity index (χ0) is 31.0. The molecule has 0 saturated carbocycles. The van der Waals surface area contributed by atoms with E-state index in [1.807, 2.05) is 0 Å². The lowest BCUT2D eigenvalue weighted by molar-refractivity contribution is -0.0602. The van der Waals surface area contributed by atoms with E-state index in [-0.39, 0.29) is 22.6 Å². The molecule has 3 aliphatic rings. The van der Waals surface area contributed by atoms with Crippen LogP contribution in [0, 0.1) is 0 Å². The molecule has 3 fully saturated rings. The molecule has 0 radical (unpaired) electrons. The predicted molar refractivity (Wildman–Crippen MR) is 153 cm³/mol. The van der Waals surface area contributed by atoms with Crippen molar-refractivity contribution in [1.29, 1.82) is 0 Å². The molecule has 4 aromatic rings. The van der Waals surface area contributed by atoms with Crippen molar-refractivity contribution in [1.82, 2.24) is 34.1 Å². The number of halogens is 1. The lowest BCUT2D eigenvalue weighted by Gasteiger charge is -2.27. The number of aliphatic hydroxyl groups excluding tert-OH is 1. The molecule has 236 valence electrons. The monoisotopic (exact) mass is 692 g/mol. The average Bonchev–Trinajstić information content (AvgIpc) is 3.73. The number of nitrogens with two attached hydrogens (primary N) is 1. The number of anilines is 1. The lowest BCUT2D eigenvalue weighted by atomic mass is 10.1. The third-order valence-electron chi connectivity index (χ3n) is 7.35. The van der Waals surface area contributed by atoms with E-state index in [0.717, 1.165) is 6.33 Å². The zero-order valence-corrected chi connectivity index (χ0v) is 25.4. The molecule has 6 N–H and O–H groups in total. The molecule has 3 aliphatic heterocycles. The number of alkyl halides is 1. The van der Waals surface area contributed by atoms with Crippen molar-refractivity contribution in [3.63, 3.8) is 0 Å². The van der Waals surface area contributed by atoms with Crippen LogP contribution >= 0.6 is 13.4 Å². The molecule has 7 rings (SSSR count). The SMILES string of the molecule is Nc1ncnc2c1ccn2[C@@H]1O[C@@H]2COP(O)(=S)O[C@@H]3[C@H](O)[C@@H](COP(O)(=S)O[C@H]2[C@H]1F)O[C@H]3n1cnc2c(=O)[nH]cnc21.